The van der Waals surface area contributed by atoms with Crippen molar-refractivity contribution in [2.75, 3.05) is 0 Å². The number of hydrogen-bond acceptors (Lipinski definition) is 1. The maximum absolute atomic E-state index is 11.9. The first-order chi connectivity index (χ1) is 14.7. The molecule has 0 bridgehead atoms. The van der Waals surface area contributed by atoms with Crippen molar-refractivity contribution >= 4 is 23.6 Å². The summed E-state index contributed by atoms with van der Waals surface area (Å²) in [5.74, 6) is 0.663. The molecule has 0 aliphatic heterocycles. The summed E-state index contributed by atoms with van der Waals surface area (Å²) in [4.78, 5) is 0. The van der Waals surface area contributed by atoms with Gasteiger partial charge in [0.05, 0.1) is 5.73 Å². The van der Waals surface area contributed by atoms with Gasteiger partial charge in [0.15, 0.2) is 8.07 Å². The Morgan fingerprint density at radius 1 is 0.733 bits per heavy atom. The molecule has 0 aromatic heterocycles. The average Bonchev–Trinajstić information content (AvgIpc) is 2.80. The Labute approximate surface area is 183 Å². The van der Waals surface area contributed by atoms with Crippen molar-refractivity contribution in [2.24, 2.45) is 5.92 Å². The molecule has 3 aromatic rings. The first kappa shape index (κ1) is 22.3. The van der Waals surface area contributed by atoms with Crippen LogP contribution in [0.2, 0.25) is 0 Å². The van der Waals surface area contributed by atoms with Crippen molar-refractivity contribution in [1.29, 1.82) is 0 Å². The molecule has 2 atom stereocenters. The van der Waals surface area contributed by atoms with Gasteiger partial charge in [-0.3, -0.25) is 0 Å². The molecular formula is C28H34OSi. The zero-order valence-electron chi connectivity index (χ0n) is 18.1. The topological polar surface area (TPSA) is 20.2 Å². The largest absolute Gasteiger partial charge is 0.395 e. The molecule has 0 saturated carbocycles. The maximum atomic E-state index is 11.9. The molecule has 2 unspecified atom stereocenters. The van der Waals surface area contributed by atoms with Gasteiger partial charge in [0.1, 0.15) is 0 Å². The monoisotopic (exact) mass is 414 g/mol. The van der Waals surface area contributed by atoms with Crippen LogP contribution in [0.25, 0.3) is 0 Å². The standard InChI is InChI=1S/C28H34OSi/c1-3-4-15-24(2)16-14-23-28(29)30(25-17-8-5-9-18-25,26-19-10-6-11-20-26)27-21-12-7-13-22-27/h3,5-13,17-22,24,28-29H,1,4,14-16,23H2,2H3. The lowest BCUT2D eigenvalue weighted by Crippen LogP contribution is -2.74. The van der Waals surface area contributed by atoms with E-state index in [4.69, 9.17) is 0 Å². The van der Waals surface area contributed by atoms with E-state index in [2.05, 4.69) is 104 Å². The fourth-order valence-corrected chi connectivity index (χ4v) is 9.55. The highest BCUT2D eigenvalue weighted by atomic mass is 28.3. The highest BCUT2D eigenvalue weighted by Crippen LogP contribution is 2.20. The molecule has 0 fully saturated rings. The van der Waals surface area contributed by atoms with Crippen LogP contribution >= 0.6 is 0 Å². The Morgan fingerprint density at radius 3 is 1.57 bits per heavy atom. The van der Waals surface area contributed by atoms with E-state index in [9.17, 15) is 5.11 Å². The maximum Gasteiger partial charge on any atom is 0.178 e. The Bertz CT molecular complexity index is 780. The van der Waals surface area contributed by atoms with Crippen LogP contribution in [0.15, 0.2) is 104 Å². The Balaban J connectivity index is 2.00. The highest BCUT2D eigenvalue weighted by Gasteiger charge is 2.45. The van der Waals surface area contributed by atoms with Crippen molar-refractivity contribution < 1.29 is 5.11 Å². The predicted molar refractivity (Wildman–Crippen MR) is 132 cm³/mol. The zero-order chi connectivity index (χ0) is 21.2. The van der Waals surface area contributed by atoms with Crippen molar-refractivity contribution in [2.45, 2.75) is 44.8 Å². The number of hydrogen-bond donors (Lipinski definition) is 1. The molecule has 0 aliphatic carbocycles. The van der Waals surface area contributed by atoms with E-state index in [1.54, 1.807) is 0 Å². The molecule has 30 heavy (non-hydrogen) atoms. The van der Waals surface area contributed by atoms with E-state index in [1.807, 2.05) is 6.08 Å². The van der Waals surface area contributed by atoms with Gasteiger partial charge in [-0.25, -0.2) is 0 Å². The molecule has 3 aromatic carbocycles. The van der Waals surface area contributed by atoms with Crippen LogP contribution in [0.3, 0.4) is 0 Å². The molecule has 0 saturated heterocycles. The predicted octanol–water partition coefficient (Wildman–Crippen LogP) is 4.83. The van der Waals surface area contributed by atoms with Crippen molar-refractivity contribution in [3.63, 3.8) is 0 Å². The SMILES string of the molecule is C=CCCC(C)CCCC(O)[Si](c1ccccc1)(c1ccccc1)c1ccccc1. The van der Waals surface area contributed by atoms with Gasteiger partial charge in [-0.1, -0.05) is 117 Å². The molecule has 3 rings (SSSR count). The second-order valence-electron chi connectivity index (χ2n) is 8.32. The van der Waals surface area contributed by atoms with Gasteiger partial charge < -0.3 is 5.11 Å². The second kappa shape index (κ2) is 11.1. The van der Waals surface area contributed by atoms with Gasteiger partial charge in [-0.2, -0.15) is 0 Å². The smallest absolute Gasteiger partial charge is 0.178 e. The zero-order valence-corrected chi connectivity index (χ0v) is 19.1. The van der Waals surface area contributed by atoms with E-state index in [-0.39, 0.29) is 5.73 Å². The minimum atomic E-state index is -2.59. The summed E-state index contributed by atoms with van der Waals surface area (Å²) in [6, 6.07) is 32.1. The molecule has 0 amide bonds. The number of aliphatic hydroxyl groups excluding tert-OH is 1. The van der Waals surface area contributed by atoms with Gasteiger partial charge in [-0.15, -0.1) is 6.58 Å². The lowest BCUT2D eigenvalue weighted by molar-refractivity contribution is 0.229. The minimum absolute atomic E-state index is 0.378. The summed E-state index contributed by atoms with van der Waals surface area (Å²) < 4.78 is 0. The van der Waals surface area contributed by atoms with Crippen LogP contribution in [0.5, 0.6) is 0 Å². The third-order valence-electron chi connectivity index (χ3n) is 6.23. The number of benzene rings is 3. The number of allylic oxidation sites excluding steroid dienone is 1. The fraction of sp³-hybridized carbons (Fsp3) is 0.286. The number of rotatable bonds is 11. The van der Waals surface area contributed by atoms with Crippen molar-refractivity contribution in [3.8, 4) is 0 Å². The Kier molecular flexibility index (Phi) is 8.24. The molecule has 1 N–H and O–H groups in total. The first-order valence-corrected chi connectivity index (χ1v) is 13.2. The average molecular weight is 415 g/mol. The van der Waals surface area contributed by atoms with Gasteiger partial charge in [0.2, 0.25) is 0 Å². The van der Waals surface area contributed by atoms with Gasteiger partial charge in [-0.05, 0) is 40.7 Å². The molecule has 0 heterocycles. The summed E-state index contributed by atoms with van der Waals surface area (Å²) in [7, 11) is -2.59. The van der Waals surface area contributed by atoms with Crippen LogP contribution in [-0.4, -0.2) is 18.9 Å². The van der Waals surface area contributed by atoms with E-state index in [0.717, 1.165) is 25.7 Å². The summed E-state index contributed by atoms with van der Waals surface area (Å²) in [5, 5.41) is 15.7. The third-order valence-corrected chi connectivity index (χ3v) is 11.2. The Morgan fingerprint density at radius 2 is 1.17 bits per heavy atom. The summed E-state index contributed by atoms with van der Waals surface area (Å²) in [6.07, 6.45) is 7.26. The van der Waals surface area contributed by atoms with Crippen molar-refractivity contribution in [1.82, 2.24) is 0 Å². The van der Waals surface area contributed by atoms with E-state index in [0.29, 0.717) is 5.92 Å². The van der Waals surface area contributed by atoms with E-state index >= 15 is 0 Å². The second-order valence-corrected chi connectivity index (χ2v) is 12.3. The normalized spacial score (nSPS) is 13.5. The van der Waals surface area contributed by atoms with Gasteiger partial charge >= 0.3 is 0 Å². The lowest BCUT2D eigenvalue weighted by atomic mass is 9.99. The molecule has 0 spiro atoms. The number of aliphatic hydroxyl groups is 1. The summed E-state index contributed by atoms with van der Waals surface area (Å²) in [5.41, 5.74) is -0.378. The van der Waals surface area contributed by atoms with Crippen LogP contribution in [0.4, 0.5) is 0 Å². The van der Waals surface area contributed by atoms with Crippen LogP contribution in [0.1, 0.15) is 39.0 Å². The van der Waals surface area contributed by atoms with Gasteiger partial charge in [0.25, 0.3) is 0 Å². The first-order valence-electron chi connectivity index (χ1n) is 11.1. The minimum Gasteiger partial charge on any atom is -0.395 e. The molecule has 1 nitrogen and oxygen atoms in total. The molecule has 156 valence electrons. The quantitative estimate of drug-likeness (QED) is 0.271. The summed E-state index contributed by atoms with van der Waals surface area (Å²) >= 11 is 0. The van der Waals surface area contributed by atoms with Gasteiger partial charge in [0, 0.05) is 0 Å². The molecule has 0 aliphatic rings. The molecule has 2 heteroatoms. The van der Waals surface area contributed by atoms with Crippen LogP contribution in [0, 0.1) is 5.92 Å². The molecular weight excluding hydrogens is 380 g/mol. The van der Waals surface area contributed by atoms with Crippen LogP contribution < -0.4 is 15.6 Å². The fourth-order valence-electron chi connectivity index (χ4n) is 4.60. The lowest BCUT2D eigenvalue weighted by Gasteiger charge is -2.38. The van der Waals surface area contributed by atoms with E-state index in [1.165, 1.54) is 22.0 Å². The third kappa shape index (κ3) is 5.00. The Hall–Kier alpha value is -2.42. The summed E-state index contributed by atoms with van der Waals surface area (Å²) in [6.45, 7) is 6.15. The molecule has 0 radical (unpaired) electrons. The van der Waals surface area contributed by atoms with Crippen molar-refractivity contribution in [3.05, 3.63) is 104 Å². The van der Waals surface area contributed by atoms with E-state index < -0.39 is 8.07 Å². The van der Waals surface area contributed by atoms with Crippen LogP contribution in [-0.2, 0) is 0 Å². The highest BCUT2D eigenvalue weighted by molar-refractivity contribution is 7.12.